The average molecular weight is 249 g/mol. The van der Waals surface area contributed by atoms with Crippen molar-refractivity contribution in [2.45, 2.75) is 39.5 Å². The van der Waals surface area contributed by atoms with Gasteiger partial charge in [-0.25, -0.2) is 0 Å². The van der Waals surface area contributed by atoms with Crippen molar-refractivity contribution in [1.82, 2.24) is 10.2 Å². The van der Waals surface area contributed by atoms with Crippen LogP contribution in [0.2, 0.25) is 0 Å². The maximum Gasteiger partial charge on any atom is 0.226 e. The van der Waals surface area contributed by atoms with Gasteiger partial charge in [-0.15, -0.1) is 12.4 Å². The lowest BCUT2D eigenvalue weighted by Crippen LogP contribution is -2.43. The second-order valence-electron chi connectivity index (χ2n) is 4.37. The fourth-order valence-electron chi connectivity index (χ4n) is 2.19. The van der Waals surface area contributed by atoms with Gasteiger partial charge in [-0.05, 0) is 32.2 Å². The topological polar surface area (TPSA) is 32.3 Å². The lowest BCUT2D eigenvalue weighted by molar-refractivity contribution is -0.136. The number of carbonyl (C=O) groups excluding carboxylic acids is 1. The second kappa shape index (κ2) is 8.82. The summed E-state index contributed by atoms with van der Waals surface area (Å²) in [4.78, 5) is 14.2. The third-order valence-corrected chi connectivity index (χ3v) is 2.94. The van der Waals surface area contributed by atoms with E-state index >= 15 is 0 Å². The summed E-state index contributed by atoms with van der Waals surface area (Å²) in [5, 5.41) is 3.31. The fourth-order valence-corrected chi connectivity index (χ4v) is 2.19. The molecule has 0 aromatic heterocycles. The molecule has 1 fully saturated rings. The summed E-state index contributed by atoms with van der Waals surface area (Å²) in [7, 11) is 0. The van der Waals surface area contributed by atoms with Crippen LogP contribution >= 0.6 is 12.4 Å². The first-order valence-electron chi connectivity index (χ1n) is 6.29. The number of nitrogens with zero attached hydrogens (tertiary/aromatic N) is 1. The minimum atomic E-state index is 0. The number of amides is 1. The summed E-state index contributed by atoms with van der Waals surface area (Å²) >= 11 is 0. The Balaban J connectivity index is 0.00000225. The van der Waals surface area contributed by atoms with Crippen LogP contribution in [0.4, 0.5) is 0 Å². The van der Waals surface area contributed by atoms with Crippen molar-refractivity contribution in [1.29, 1.82) is 0 Å². The molecule has 4 heteroatoms. The molecular formula is C12H25ClN2O. The van der Waals surface area contributed by atoms with Gasteiger partial charge in [0.25, 0.3) is 0 Å². The van der Waals surface area contributed by atoms with Crippen LogP contribution in [0.25, 0.3) is 0 Å². The van der Waals surface area contributed by atoms with E-state index in [1.807, 2.05) is 4.90 Å². The van der Waals surface area contributed by atoms with Crippen LogP contribution in [0.5, 0.6) is 0 Å². The number of hydrogen-bond acceptors (Lipinski definition) is 2. The third kappa shape index (κ3) is 4.71. The van der Waals surface area contributed by atoms with Crippen LogP contribution in [0.15, 0.2) is 0 Å². The SMILES string of the molecule is CCCN(CCC)C(=O)C1CCCNC1.Cl. The fraction of sp³-hybridized carbons (Fsp3) is 0.917. The van der Waals surface area contributed by atoms with E-state index in [-0.39, 0.29) is 18.3 Å². The highest BCUT2D eigenvalue weighted by molar-refractivity contribution is 5.85. The van der Waals surface area contributed by atoms with Gasteiger partial charge in [0.15, 0.2) is 0 Å². The maximum atomic E-state index is 12.2. The van der Waals surface area contributed by atoms with Crippen molar-refractivity contribution in [2.24, 2.45) is 5.92 Å². The van der Waals surface area contributed by atoms with Crippen LogP contribution in [0, 0.1) is 5.92 Å². The number of hydrogen-bond donors (Lipinski definition) is 1. The quantitative estimate of drug-likeness (QED) is 0.808. The molecule has 0 radical (unpaired) electrons. The molecule has 1 rings (SSSR count). The molecule has 0 saturated carbocycles. The molecule has 1 unspecified atom stereocenters. The van der Waals surface area contributed by atoms with E-state index in [1.165, 1.54) is 0 Å². The zero-order valence-corrected chi connectivity index (χ0v) is 11.3. The number of rotatable bonds is 5. The molecule has 1 heterocycles. The van der Waals surface area contributed by atoms with E-state index in [0.29, 0.717) is 5.91 Å². The molecule has 1 amide bonds. The van der Waals surface area contributed by atoms with Crippen molar-refractivity contribution in [2.75, 3.05) is 26.2 Å². The number of piperidine rings is 1. The van der Waals surface area contributed by atoms with Crippen molar-refractivity contribution in [3.8, 4) is 0 Å². The lowest BCUT2D eigenvalue weighted by atomic mass is 9.98. The van der Waals surface area contributed by atoms with Crippen molar-refractivity contribution in [3.63, 3.8) is 0 Å². The van der Waals surface area contributed by atoms with Gasteiger partial charge in [0.2, 0.25) is 5.91 Å². The van der Waals surface area contributed by atoms with E-state index in [1.54, 1.807) is 0 Å². The van der Waals surface area contributed by atoms with E-state index in [0.717, 1.165) is 51.9 Å². The minimum Gasteiger partial charge on any atom is -0.342 e. The van der Waals surface area contributed by atoms with Gasteiger partial charge in [-0.3, -0.25) is 4.79 Å². The van der Waals surface area contributed by atoms with Crippen LogP contribution < -0.4 is 5.32 Å². The number of nitrogens with one attached hydrogen (secondary N) is 1. The first-order valence-corrected chi connectivity index (χ1v) is 6.29. The molecule has 1 saturated heterocycles. The monoisotopic (exact) mass is 248 g/mol. The van der Waals surface area contributed by atoms with E-state index in [4.69, 9.17) is 0 Å². The predicted molar refractivity (Wildman–Crippen MR) is 70.0 cm³/mol. The van der Waals surface area contributed by atoms with Crippen LogP contribution in [0.3, 0.4) is 0 Å². The Kier molecular flexibility index (Phi) is 8.67. The summed E-state index contributed by atoms with van der Waals surface area (Å²) < 4.78 is 0. The van der Waals surface area contributed by atoms with Crippen molar-refractivity contribution in [3.05, 3.63) is 0 Å². The normalized spacial score (nSPS) is 20.0. The molecule has 1 aliphatic rings. The zero-order valence-electron chi connectivity index (χ0n) is 10.5. The van der Waals surface area contributed by atoms with Gasteiger partial charge in [0, 0.05) is 19.6 Å². The van der Waals surface area contributed by atoms with Gasteiger partial charge < -0.3 is 10.2 Å². The standard InChI is InChI=1S/C12H24N2O.ClH/c1-3-8-14(9-4-2)12(15)11-6-5-7-13-10-11;/h11,13H,3-10H2,1-2H3;1H. The van der Waals surface area contributed by atoms with Crippen LogP contribution in [-0.2, 0) is 4.79 Å². The zero-order chi connectivity index (χ0) is 11.1. The third-order valence-electron chi connectivity index (χ3n) is 2.94. The molecule has 3 nitrogen and oxygen atoms in total. The molecule has 1 aliphatic heterocycles. The Hall–Kier alpha value is -0.280. The highest BCUT2D eigenvalue weighted by Gasteiger charge is 2.24. The Morgan fingerprint density at radius 1 is 1.31 bits per heavy atom. The van der Waals surface area contributed by atoms with E-state index in [9.17, 15) is 4.79 Å². The molecule has 1 atom stereocenters. The first-order chi connectivity index (χ1) is 7.29. The first kappa shape index (κ1) is 15.7. The molecule has 0 aromatic carbocycles. The number of carbonyl (C=O) groups is 1. The van der Waals surface area contributed by atoms with Gasteiger partial charge in [0.1, 0.15) is 0 Å². The molecule has 0 aromatic rings. The maximum absolute atomic E-state index is 12.2. The molecule has 1 N–H and O–H groups in total. The van der Waals surface area contributed by atoms with Crippen LogP contribution in [0.1, 0.15) is 39.5 Å². The second-order valence-corrected chi connectivity index (χ2v) is 4.37. The molecule has 0 bridgehead atoms. The summed E-state index contributed by atoms with van der Waals surface area (Å²) in [5.41, 5.74) is 0. The van der Waals surface area contributed by atoms with E-state index < -0.39 is 0 Å². The van der Waals surface area contributed by atoms with Gasteiger partial charge in [0.05, 0.1) is 5.92 Å². The van der Waals surface area contributed by atoms with Crippen molar-refractivity contribution < 1.29 is 4.79 Å². The summed E-state index contributed by atoms with van der Waals surface area (Å²) in [6, 6.07) is 0. The molecule has 0 spiro atoms. The summed E-state index contributed by atoms with van der Waals surface area (Å²) in [6.07, 6.45) is 4.33. The smallest absolute Gasteiger partial charge is 0.226 e. The largest absolute Gasteiger partial charge is 0.342 e. The van der Waals surface area contributed by atoms with E-state index in [2.05, 4.69) is 19.2 Å². The predicted octanol–water partition coefficient (Wildman–Crippen LogP) is 2.06. The number of halogens is 1. The Morgan fingerprint density at radius 2 is 1.94 bits per heavy atom. The summed E-state index contributed by atoms with van der Waals surface area (Å²) in [6.45, 7) is 8.06. The molecule has 96 valence electrons. The minimum absolute atomic E-state index is 0. The van der Waals surface area contributed by atoms with Gasteiger partial charge in [-0.1, -0.05) is 13.8 Å². The summed E-state index contributed by atoms with van der Waals surface area (Å²) in [5.74, 6) is 0.600. The van der Waals surface area contributed by atoms with Crippen LogP contribution in [-0.4, -0.2) is 37.0 Å². The molecule has 16 heavy (non-hydrogen) atoms. The Morgan fingerprint density at radius 3 is 2.38 bits per heavy atom. The lowest BCUT2D eigenvalue weighted by Gasteiger charge is -2.29. The molecular weight excluding hydrogens is 224 g/mol. The highest BCUT2D eigenvalue weighted by atomic mass is 35.5. The van der Waals surface area contributed by atoms with Crippen molar-refractivity contribution >= 4 is 18.3 Å². The Bertz CT molecular complexity index is 187. The molecule has 0 aliphatic carbocycles. The average Bonchev–Trinajstić information content (AvgIpc) is 2.29. The van der Waals surface area contributed by atoms with Gasteiger partial charge >= 0.3 is 0 Å². The highest BCUT2D eigenvalue weighted by Crippen LogP contribution is 2.13. The Labute approximate surface area is 105 Å². The van der Waals surface area contributed by atoms with Gasteiger partial charge in [-0.2, -0.15) is 0 Å².